The van der Waals surface area contributed by atoms with Crippen LogP contribution in [0.1, 0.15) is 31.4 Å². The van der Waals surface area contributed by atoms with E-state index in [4.69, 9.17) is 9.47 Å². The van der Waals surface area contributed by atoms with Crippen LogP contribution in [0.4, 0.5) is 11.4 Å². The summed E-state index contributed by atoms with van der Waals surface area (Å²) in [6.45, 7) is 7.17. The second kappa shape index (κ2) is 10.4. The lowest BCUT2D eigenvalue weighted by Gasteiger charge is -2.15. The third-order valence-corrected chi connectivity index (χ3v) is 4.14. The standard InChI is InChI=1S/C23H30N2O3/c1-6-14-28-21-12-8-18(16-22(21)27-7-2)9-13-23(26)24-20-11-10-19(25(4)5)15-17(20)3/h8-13,15-16H,6-7,14H2,1-5H3,(H,24,26)/b13-9+. The summed E-state index contributed by atoms with van der Waals surface area (Å²) in [6.07, 6.45) is 4.23. The number of nitrogens with one attached hydrogen (secondary N) is 1. The lowest BCUT2D eigenvalue weighted by atomic mass is 10.1. The minimum absolute atomic E-state index is 0.176. The van der Waals surface area contributed by atoms with Gasteiger partial charge >= 0.3 is 0 Å². The van der Waals surface area contributed by atoms with Crippen LogP contribution in [0.15, 0.2) is 42.5 Å². The van der Waals surface area contributed by atoms with E-state index in [2.05, 4.69) is 12.2 Å². The fourth-order valence-corrected chi connectivity index (χ4v) is 2.64. The fourth-order valence-electron chi connectivity index (χ4n) is 2.64. The van der Waals surface area contributed by atoms with E-state index in [1.54, 1.807) is 6.08 Å². The summed E-state index contributed by atoms with van der Waals surface area (Å²) in [5.41, 5.74) is 3.80. The highest BCUT2D eigenvalue weighted by atomic mass is 16.5. The summed E-state index contributed by atoms with van der Waals surface area (Å²) >= 11 is 0. The number of anilines is 2. The Labute approximate surface area is 168 Å². The molecule has 0 saturated carbocycles. The first kappa shape index (κ1) is 21.4. The van der Waals surface area contributed by atoms with Crippen LogP contribution in [-0.4, -0.2) is 33.2 Å². The highest BCUT2D eigenvalue weighted by molar-refractivity contribution is 6.02. The van der Waals surface area contributed by atoms with Gasteiger partial charge in [0.05, 0.1) is 13.2 Å². The quantitative estimate of drug-likeness (QED) is 0.627. The molecule has 28 heavy (non-hydrogen) atoms. The van der Waals surface area contributed by atoms with Crippen molar-refractivity contribution in [2.24, 2.45) is 0 Å². The predicted molar refractivity (Wildman–Crippen MR) is 117 cm³/mol. The Hall–Kier alpha value is -2.95. The summed E-state index contributed by atoms with van der Waals surface area (Å²) in [4.78, 5) is 14.3. The number of nitrogens with zero attached hydrogens (tertiary/aromatic N) is 1. The minimum Gasteiger partial charge on any atom is -0.490 e. The molecular weight excluding hydrogens is 352 g/mol. The van der Waals surface area contributed by atoms with Gasteiger partial charge < -0.3 is 19.7 Å². The van der Waals surface area contributed by atoms with E-state index < -0.39 is 0 Å². The summed E-state index contributed by atoms with van der Waals surface area (Å²) in [7, 11) is 3.98. The molecule has 1 amide bonds. The summed E-state index contributed by atoms with van der Waals surface area (Å²) < 4.78 is 11.4. The highest BCUT2D eigenvalue weighted by Crippen LogP contribution is 2.29. The largest absolute Gasteiger partial charge is 0.490 e. The van der Waals surface area contributed by atoms with Crippen LogP contribution < -0.4 is 19.7 Å². The van der Waals surface area contributed by atoms with Crippen molar-refractivity contribution in [2.45, 2.75) is 27.2 Å². The zero-order valence-corrected chi connectivity index (χ0v) is 17.4. The SMILES string of the molecule is CCCOc1ccc(/C=C/C(=O)Nc2ccc(N(C)C)cc2C)cc1OCC. The van der Waals surface area contributed by atoms with Crippen LogP contribution in [-0.2, 0) is 4.79 Å². The summed E-state index contributed by atoms with van der Waals surface area (Å²) in [5, 5.41) is 2.93. The zero-order valence-electron chi connectivity index (χ0n) is 17.4. The van der Waals surface area contributed by atoms with Crippen molar-refractivity contribution in [3.8, 4) is 11.5 Å². The minimum atomic E-state index is -0.176. The summed E-state index contributed by atoms with van der Waals surface area (Å²) in [6, 6.07) is 11.6. The van der Waals surface area contributed by atoms with Crippen LogP contribution in [0.3, 0.4) is 0 Å². The first-order chi connectivity index (χ1) is 13.4. The molecular formula is C23H30N2O3. The molecule has 0 bridgehead atoms. The monoisotopic (exact) mass is 382 g/mol. The smallest absolute Gasteiger partial charge is 0.248 e. The zero-order chi connectivity index (χ0) is 20.5. The predicted octanol–water partition coefficient (Wildman–Crippen LogP) is 4.90. The van der Waals surface area contributed by atoms with Gasteiger partial charge in [-0.05, 0) is 67.8 Å². The summed E-state index contributed by atoms with van der Waals surface area (Å²) in [5.74, 6) is 1.24. The van der Waals surface area contributed by atoms with E-state index in [0.29, 0.717) is 19.0 Å². The molecule has 2 aromatic carbocycles. The number of carbonyl (C=O) groups excluding carboxylic acids is 1. The fraction of sp³-hybridized carbons (Fsp3) is 0.348. The van der Waals surface area contributed by atoms with Gasteiger partial charge in [0.1, 0.15) is 0 Å². The number of carbonyl (C=O) groups is 1. The van der Waals surface area contributed by atoms with E-state index in [9.17, 15) is 4.79 Å². The number of aryl methyl sites for hydroxylation is 1. The van der Waals surface area contributed by atoms with Gasteiger partial charge in [0.15, 0.2) is 11.5 Å². The Morgan fingerprint density at radius 3 is 2.50 bits per heavy atom. The first-order valence-corrected chi connectivity index (χ1v) is 9.61. The molecule has 150 valence electrons. The molecule has 0 fully saturated rings. The van der Waals surface area contributed by atoms with Gasteiger partial charge in [0.2, 0.25) is 5.91 Å². The van der Waals surface area contributed by atoms with E-state index >= 15 is 0 Å². The number of rotatable bonds is 9. The molecule has 0 unspecified atom stereocenters. The molecule has 0 aliphatic carbocycles. The van der Waals surface area contributed by atoms with E-state index in [1.165, 1.54) is 6.08 Å². The van der Waals surface area contributed by atoms with Gasteiger partial charge in [-0.1, -0.05) is 13.0 Å². The average Bonchev–Trinajstić information content (AvgIpc) is 2.67. The van der Waals surface area contributed by atoms with Crippen molar-refractivity contribution >= 4 is 23.4 Å². The molecule has 2 aromatic rings. The van der Waals surface area contributed by atoms with Crippen molar-refractivity contribution in [3.05, 3.63) is 53.6 Å². The van der Waals surface area contributed by atoms with Crippen molar-refractivity contribution < 1.29 is 14.3 Å². The van der Waals surface area contributed by atoms with Gasteiger partial charge in [-0.2, -0.15) is 0 Å². The third kappa shape index (κ3) is 6.05. The molecule has 1 N–H and O–H groups in total. The van der Waals surface area contributed by atoms with Gasteiger partial charge in [0, 0.05) is 31.5 Å². The number of benzene rings is 2. The Morgan fingerprint density at radius 2 is 1.86 bits per heavy atom. The highest BCUT2D eigenvalue weighted by Gasteiger charge is 2.07. The lowest BCUT2D eigenvalue weighted by Crippen LogP contribution is -2.11. The van der Waals surface area contributed by atoms with E-state index in [0.717, 1.165) is 34.7 Å². The van der Waals surface area contributed by atoms with Crippen LogP contribution >= 0.6 is 0 Å². The Morgan fingerprint density at radius 1 is 1.07 bits per heavy atom. The number of hydrogen-bond donors (Lipinski definition) is 1. The van der Waals surface area contributed by atoms with Crippen LogP contribution in [0.25, 0.3) is 6.08 Å². The molecule has 2 rings (SSSR count). The molecule has 0 spiro atoms. The van der Waals surface area contributed by atoms with Crippen LogP contribution in [0.5, 0.6) is 11.5 Å². The molecule has 0 atom stereocenters. The maximum absolute atomic E-state index is 12.3. The molecule has 0 aromatic heterocycles. The molecule has 0 radical (unpaired) electrons. The molecule has 5 nitrogen and oxygen atoms in total. The lowest BCUT2D eigenvalue weighted by molar-refractivity contribution is -0.111. The molecule has 0 heterocycles. The second-order valence-electron chi connectivity index (χ2n) is 6.70. The van der Waals surface area contributed by atoms with Crippen molar-refractivity contribution in [2.75, 3.05) is 37.5 Å². The molecule has 0 aliphatic heterocycles. The van der Waals surface area contributed by atoms with Crippen molar-refractivity contribution in [1.29, 1.82) is 0 Å². The van der Waals surface area contributed by atoms with Crippen LogP contribution in [0, 0.1) is 6.92 Å². The second-order valence-corrected chi connectivity index (χ2v) is 6.70. The first-order valence-electron chi connectivity index (χ1n) is 9.61. The average molecular weight is 383 g/mol. The van der Waals surface area contributed by atoms with Crippen molar-refractivity contribution in [3.63, 3.8) is 0 Å². The van der Waals surface area contributed by atoms with Gasteiger partial charge in [-0.3, -0.25) is 4.79 Å². The number of amides is 1. The maximum Gasteiger partial charge on any atom is 0.248 e. The van der Waals surface area contributed by atoms with Gasteiger partial charge in [-0.15, -0.1) is 0 Å². The Kier molecular flexibility index (Phi) is 7.93. The van der Waals surface area contributed by atoms with Crippen LogP contribution in [0.2, 0.25) is 0 Å². The van der Waals surface area contributed by atoms with Gasteiger partial charge in [0.25, 0.3) is 0 Å². The molecule has 0 saturated heterocycles. The Balaban J connectivity index is 2.08. The van der Waals surface area contributed by atoms with Crippen molar-refractivity contribution in [1.82, 2.24) is 0 Å². The third-order valence-electron chi connectivity index (χ3n) is 4.14. The van der Waals surface area contributed by atoms with E-state index in [-0.39, 0.29) is 5.91 Å². The van der Waals surface area contributed by atoms with E-state index in [1.807, 2.05) is 69.2 Å². The molecule has 0 aliphatic rings. The Bertz CT molecular complexity index is 829. The normalized spacial score (nSPS) is 10.8. The molecule has 5 heteroatoms. The number of ether oxygens (including phenoxy) is 2. The maximum atomic E-state index is 12.3. The number of hydrogen-bond acceptors (Lipinski definition) is 4. The van der Waals surface area contributed by atoms with Gasteiger partial charge in [-0.25, -0.2) is 0 Å². The topological polar surface area (TPSA) is 50.8 Å².